The van der Waals surface area contributed by atoms with Gasteiger partial charge >= 0.3 is 0 Å². The van der Waals surface area contributed by atoms with Crippen LogP contribution in [0, 0.1) is 0 Å². The number of allylic oxidation sites excluding steroid dienone is 1. The highest BCUT2D eigenvalue weighted by molar-refractivity contribution is 6.15. The van der Waals surface area contributed by atoms with E-state index in [0.29, 0.717) is 0 Å². The Hall–Kier alpha value is -2.15. The van der Waals surface area contributed by atoms with Gasteiger partial charge in [0.2, 0.25) is 0 Å². The van der Waals surface area contributed by atoms with Crippen LogP contribution in [0.4, 0.5) is 0 Å². The molecule has 5 rings (SSSR count). The molecule has 0 saturated heterocycles. The van der Waals surface area contributed by atoms with Gasteiger partial charge < -0.3 is 0 Å². The molecule has 0 unspecified atom stereocenters. The number of carbonyl (C=O) groups excluding carboxylic acids is 1. The normalized spacial score (nSPS) is 20.0. The molecule has 114 valence electrons. The van der Waals surface area contributed by atoms with Crippen molar-refractivity contribution in [3.63, 3.8) is 0 Å². The predicted molar refractivity (Wildman–Crippen MR) is 92.9 cm³/mol. The van der Waals surface area contributed by atoms with E-state index >= 15 is 0 Å². The summed E-state index contributed by atoms with van der Waals surface area (Å²) in [6, 6.07) is 11.2. The third-order valence-corrected chi connectivity index (χ3v) is 5.70. The average Bonchev–Trinajstić information content (AvgIpc) is 3.25. The van der Waals surface area contributed by atoms with Crippen LogP contribution in [0.1, 0.15) is 56.6 Å². The van der Waals surface area contributed by atoms with Crippen LogP contribution < -0.4 is 0 Å². The van der Waals surface area contributed by atoms with E-state index in [0.717, 1.165) is 24.0 Å². The molecule has 0 bridgehead atoms. The Bertz CT molecular complexity index is 870. The van der Waals surface area contributed by atoms with Crippen molar-refractivity contribution >= 4 is 11.9 Å². The highest BCUT2D eigenvalue weighted by Gasteiger charge is 2.27. The van der Waals surface area contributed by atoms with Gasteiger partial charge in [0, 0.05) is 17.6 Å². The summed E-state index contributed by atoms with van der Waals surface area (Å²) in [4.78, 5) is 12.8. The van der Waals surface area contributed by atoms with E-state index in [9.17, 15) is 4.79 Å². The number of fused-ring (bicyclic) bond motifs is 3. The van der Waals surface area contributed by atoms with Crippen LogP contribution in [0.2, 0.25) is 0 Å². The lowest BCUT2D eigenvalue weighted by atomic mass is 10.0. The first-order valence-electron chi connectivity index (χ1n) is 8.80. The Labute approximate surface area is 137 Å². The topological polar surface area (TPSA) is 17.1 Å². The molecule has 2 aromatic carbocycles. The van der Waals surface area contributed by atoms with Crippen molar-refractivity contribution in [3.8, 4) is 0 Å². The first kappa shape index (κ1) is 13.3. The molecule has 0 spiro atoms. The van der Waals surface area contributed by atoms with Gasteiger partial charge in [-0.25, -0.2) is 0 Å². The molecule has 1 heteroatoms. The van der Waals surface area contributed by atoms with Crippen molar-refractivity contribution < 1.29 is 4.79 Å². The van der Waals surface area contributed by atoms with Gasteiger partial charge in [0.1, 0.15) is 0 Å². The first-order valence-corrected chi connectivity index (χ1v) is 8.80. The highest BCUT2D eigenvalue weighted by Crippen LogP contribution is 2.34. The van der Waals surface area contributed by atoms with Crippen molar-refractivity contribution in [1.82, 2.24) is 0 Å². The monoisotopic (exact) mass is 300 g/mol. The third kappa shape index (κ3) is 2.10. The molecule has 3 aliphatic rings. The quantitative estimate of drug-likeness (QED) is 0.709. The van der Waals surface area contributed by atoms with Crippen LogP contribution in [0.3, 0.4) is 0 Å². The van der Waals surface area contributed by atoms with Gasteiger partial charge in [-0.15, -0.1) is 0 Å². The summed E-state index contributed by atoms with van der Waals surface area (Å²) < 4.78 is 0. The Morgan fingerprint density at radius 3 is 2.26 bits per heavy atom. The number of rotatable bonds is 1. The number of hydrogen-bond donors (Lipinski definition) is 0. The SMILES string of the molecule is O=C1C(=Cc2ccc3c(c2)CCC3)Cc2cc3c(cc21)CCC3. The Kier molecular flexibility index (Phi) is 2.85. The number of aryl methyl sites for hydroxylation is 4. The largest absolute Gasteiger partial charge is 0.289 e. The van der Waals surface area contributed by atoms with E-state index in [1.807, 2.05) is 0 Å². The molecule has 23 heavy (non-hydrogen) atoms. The van der Waals surface area contributed by atoms with Gasteiger partial charge in [0.15, 0.2) is 5.78 Å². The summed E-state index contributed by atoms with van der Waals surface area (Å²) in [7, 11) is 0. The molecule has 0 radical (unpaired) electrons. The maximum absolute atomic E-state index is 12.8. The molecule has 1 nitrogen and oxygen atoms in total. The number of benzene rings is 2. The highest BCUT2D eigenvalue weighted by atomic mass is 16.1. The summed E-state index contributed by atoms with van der Waals surface area (Å²) in [5.41, 5.74) is 10.2. The van der Waals surface area contributed by atoms with Crippen LogP contribution in [0.5, 0.6) is 0 Å². The number of hydrogen-bond acceptors (Lipinski definition) is 1. The smallest absolute Gasteiger partial charge is 0.189 e. The second-order valence-corrected chi connectivity index (χ2v) is 7.19. The number of carbonyl (C=O) groups is 1. The van der Waals surface area contributed by atoms with Gasteiger partial charge in [0.25, 0.3) is 0 Å². The lowest BCUT2D eigenvalue weighted by Gasteiger charge is -2.02. The molecule has 0 aromatic heterocycles. The molecule has 2 aromatic rings. The van der Waals surface area contributed by atoms with E-state index in [2.05, 4.69) is 36.4 Å². The fraction of sp³-hybridized carbons (Fsp3) is 0.318. The zero-order valence-corrected chi connectivity index (χ0v) is 13.3. The second-order valence-electron chi connectivity index (χ2n) is 7.19. The zero-order chi connectivity index (χ0) is 15.4. The molecule has 0 heterocycles. The van der Waals surface area contributed by atoms with E-state index in [-0.39, 0.29) is 5.78 Å². The van der Waals surface area contributed by atoms with Crippen LogP contribution >= 0.6 is 0 Å². The van der Waals surface area contributed by atoms with Crippen molar-refractivity contribution in [2.24, 2.45) is 0 Å². The van der Waals surface area contributed by atoms with Gasteiger partial charge in [-0.2, -0.15) is 0 Å². The average molecular weight is 300 g/mol. The fourth-order valence-electron chi connectivity index (χ4n) is 4.49. The molecule has 0 N–H and O–H groups in total. The minimum Gasteiger partial charge on any atom is -0.289 e. The molecular formula is C22H20O. The Morgan fingerprint density at radius 1 is 0.739 bits per heavy atom. The summed E-state index contributed by atoms with van der Waals surface area (Å²) in [6.45, 7) is 0. The van der Waals surface area contributed by atoms with E-state index in [1.165, 1.54) is 65.5 Å². The van der Waals surface area contributed by atoms with Crippen LogP contribution in [-0.4, -0.2) is 5.78 Å². The lowest BCUT2D eigenvalue weighted by Crippen LogP contribution is -1.97. The molecule has 0 fully saturated rings. The van der Waals surface area contributed by atoms with E-state index < -0.39 is 0 Å². The standard InChI is InChI=1S/C22H20O/c23-22-20(10-14-7-8-15-3-1-4-16(15)9-14)12-19-11-17-5-2-6-18(17)13-21(19)22/h7-11,13H,1-6,12H2. The molecule has 3 aliphatic carbocycles. The summed E-state index contributed by atoms with van der Waals surface area (Å²) in [5, 5.41) is 0. The maximum atomic E-state index is 12.8. The van der Waals surface area contributed by atoms with E-state index in [1.54, 1.807) is 0 Å². The molecular weight excluding hydrogens is 280 g/mol. The van der Waals surface area contributed by atoms with E-state index in [4.69, 9.17) is 0 Å². The Balaban J connectivity index is 1.51. The summed E-state index contributed by atoms with van der Waals surface area (Å²) in [5.74, 6) is 0.246. The molecule has 0 atom stereocenters. The minimum absolute atomic E-state index is 0.246. The lowest BCUT2D eigenvalue weighted by molar-refractivity contribution is 0.104. The van der Waals surface area contributed by atoms with Crippen LogP contribution in [-0.2, 0) is 32.1 Å². The van der Waals surface area contributed by atoms with Crippen molar-refractivity contribution in [2.75, 3.05) is 0 Å². The molecule has 0 amide bonds. The zero-order valence-electron chi connectivity index (χ0n) is 13.3. The van der Waals surface area contributed by atoms with Crippen molar-refractivity contribution in [3.05, 3.63) is 74.8 Å². The maximum Gasteiger partial charge on any atom is 0.189 e. The first-order chi connectivity index (χ1) is 11.3. The second kappa shape index (κ2) is 4.92. The minimum atomic E-state index is 0.246. The fourth-order valence-corrected chi connectivity index (χ4v) is 4.49. The van der Waals surface area contributed by atoms with Crippen LogP contribution in [0.15, 0.2) is 35.9 Å². The predicted octanol–water partition coefficient (Wildman–Crippen LogP) is 4.49. The van der Waals surface area contributed by atoms with Gasteiger partial charge in [-0.1, -0.05) is 24.3 Å². The van der Waals surface area contributed by atoms with Crippen molar-refractivity contribution in [2.45, 2.75) is 44.9 Å². The van der Waals surface area contributed by atoms with Gasteiger partial charge in [-0.05, 0) is 84.0 Å². The molecule has 0 saturated carbocycles. The van der Waals surface area contributed by atoms with Gasteiger partial charge in [-0.3, -0.25) is 4.79 Å². The van der Waals surface area contributed by atoms with Crippen LogP contribution in [0.25, 0.3) is 6.08 Å². The molecule has 0 aliphatic heterocycles. The summed E-state index contributed by atoms with van der Waals surface area (Å²) >= 11 is 0. The van der Waals surface area contributed by atoms with Crippen molar-refractivity contribution in [1.29, 1.82) is 0 Å². The number of ketones is 1. The third-order valence-electron chi connectivity index (χ3n) is 5.70. The Morgan fingerprint density at radius 2 is 1.43 bits per heavy atom. The number of Topliss-reactive ketones (excluding diaryl/α,β-unsaturated/α-hetero) is 1. The van der Waals surface area contributed by atoms with Gasteiger partial charge in [0.05, 0.1) is 0 Å². The summed E-state index contributed by atoms with van der Waals surface area (Å²) in [6.07, 6.45) is 10.1.